The largest absolute Gasteiger partial charge is 0.377 e. The SMILES string of the molecule is CC(C)CNCC(C(C)C)N(C)CC1CCCO1. The lowest BCUT2D eigenvalue weighted by atomic mass is 10.0. The lowest BCUT2D eigenvalue weighted by Gasteiger charge is -2.33. The van der Waals surface area contributed by atoms with Gasteiger partial charge in [-0.3, -0.25) is 4.90 Å². The second-order valence-corrected chi connectivity index (χ2v) is 6.44. The summed E-state index contributed by atoms with van der Waals surface area (Å²) >= 11 is 0. The van der Waals surface area contributed by atoms with Crippen LogP contribution < -0.4 is 5.32 Å². The highest BCUT2D eigenvalue weighted by molar-refractivity contribution is 4.78. The highest BCUT2D eigenvalue weighted by Gasteiger charge is 2.23. The Morgan fingerprint density at radius 1 is 1.22 bits per heavy atom. The first-order chi connectivity index (χ1) is 8.50. The summed E-state index contributed by atoms with van der Waals surface area (Å²) in [7, 11) is 2.24. The molecule has 1 rings (SSSR count). The number of ether oxygens (including phenoxy) is 1. The predicted molar refractivity (Wildman–Crippen MR) is 77.9 cm³/mol. The van der Waals surface area contributed by atoms with E-state index < -0.39 is 0 Å². The quantitative estimate of drug-likeness (QED) is 0.721. The smallest absolute Gasteiger partial charge is 0.0702 e. The Hall–Kier alpha value is -0.120. The Labute approximate surface area is 113 Å². The molecule has 108 valence electrons. The van der Waals surface area contributed by atoms with Crippen molar-refractivity contribution in [3.63, 3.8) is 0 Å². The van der Waals surface area contributed by atoms with Crippen molar-refractivity contribution < 1.29 is 4.74 Å². The van der Waals surface area contributed by atoms with Gasteiger partial charge in [0.2, 0.25) is 0 Å². The molecule has 3 heteroatoms. The van der Waals surface area contributed by atoms with Gasteiger partial charge >= 0.3 is 0 Å². The van der Waals surface area contributed by atoms with Gasteiger partial charge in [-0.15, -0.1) is 0 Å². The Morgan fingerprint density at radius 3 is 2.44 bits per heavy atom. The van der Waals surface area contributed by atoms with E-state index >= 15 is 0 Å². The van der Waals surface area contributed by atoms with Crippen molar-refractivity contribution in [2.24, 2.45) is 11.8 Å². The molecule has 1 heterocycles. The normalized spacial score (nSPS) is 22.3. The molecule has 0 aromatic carbocycles. The van der Waals surface area contributed by atoms with E-state index in [2.05, 4.69) is 45.0 Å². The molecule has 1 aliphatic heterocycles. The van der Waals surface area contributed by atoms with E-state index in [0.29, 0.717) is 18.1 Å². The summed E-state index contributed by atoms with van der Waals surface area (Å²) in [5.41, 5.74) is 0. The van der Waals surface area contributed by atoms with Crippen LogP contribution >= 0.6 is 0 Å². The summed E-state index contributed by atoms with van der Waals surface area (Å²) < 4.78 is 5.73. The fraction of sp³-hybridized carbons (Fsp3) is 1.00. The molecule has 0 radical (unpaired) electrons. The van der Waals surface area contributed by atoms with Crippen LogP contribution in [-0.2, 0) is 4.74 Å². The number of hydrogen-bond donors (Lipinski definition) is 1. The molecule has 0 amide bonds. The van der Waals surface area contributed by atoms with Gasteiger partial charge in [0, 0.05) is 25.7 Å². The van der Waals surface area contributed by atoms with Crippen LogP contribution in [0, 0.1) is 11.8 Å². The lowest BCUT2D eigenvalue weighted by molar-refractivity contribution is 0.0593. The average Bonchev–Trinajstić information content (AvgIpc) is 2.75. The molecular formula is C15H32N2O. The topological polar surface area (TPSA) is 24.5 Å². The standard InChI is InChI=1S/C15H32N2O/c1-12(2)9-16-10-15(13(3)4)17(5)11-14-7-6-8-18-14/h12-16H,6-11H2,1-5H3. The minimum atomic E-state index is 0.460. The van der Waals surface area contributed by atoms with E-state index in [1.54, 1.807) is 0 Å². The van der Waals surface area contributed by atoms with Gasteiger partial charge in [-0.1, -0.05) is 27.7 Å². The monoisotopic (exact) mass is 256 g/mol. The zero-order valence-electron chi connectivity index (χ0n) is 12.9. The maximum absolute atomic E-state index is 5.73. The van der Waals surface area contributed by atoms with E-state index in [0.717, 1.165) is 32.2 Å². The van der Waals surface area contributed by atoms with Gasteiger partial charge in [0.25, 0.3) is 0 Å². The fourth-order valence-electron chi connectivity index (χ4n) is 2.67. The average molecular weight is 256 g/mol. The third-order valence-corrected chi connectivity index (χ3v) is 3.76. The molecule has 1 saturated heterocycles. The Morgan fingerprint density at radius 2 is 1.94 bits per heavy atom. The first-order valence-electron chi connectivity index (χ1n) is 7.53. The Kier molecular flexibility index (Phi) is 7.20. The molecule has 0 aliphatic carbocycles. The molecule has 18 heavy (non-hydrogen) atoms. The number of nitrogens with zero attached hydrogens (tertiary/aromatic N) is 1. The van der Waals surface area contributed by atoms with Crippen molar-refractivity contribution in [3.8, 4) is 0 Å². The van der Waals surface area contributed by atoms with Gasteiger partial charge in [0.15, 0.2) is 0 Å². The number of hydrogen-bond acceptors (Lipinski definition) is 3. The second kappa shape index (κ2) is 8.13. The molecule has 1 aliphatic rings. The fourth-order valence-corrected chi connectivity index (χ4v) is 2.67. The summed E-state index contributed by atoms with van der Waals surface area (Å²) in [5.74, 6) is 1.40. The van der Waals surface area contributed by atoms with E-state index in [9.17, 15) is 0 Å². The zero-order chi connectivity index (χ0) is 13.5. The molecule has 0 bridgehead atoms. The van der Waals surface area contributed by atoms with Crippen LogP contribution in [0.5, 0.6) is 0 Å². The molecule has 2 atom stereocenters. The third-order valence-electron chi connectivity index (χ3n) is 3.76. The summed E-state index contributed by atoms with van der Waals surface area (Å²) in [6, 6.07) is 0.605. The van der Waals surface area contributed by atoms with E-state index in [1.165, 1.54) is 12.8 Å². The van der Waals surface area contributed by atoms with Crippen LogP contribution in [0.3, 0.4) is 0 Å². The summed E-state index contributed by atoms with van der Waals surface area (Å²) in [4.78, 5) is 2.48. The van der Waals surface area contributed by atoms with E-state index in [4.69, 9.17) is 4.74 Å². The van der Waals surface area contributed by atoms with Gasteiger partial charge in [-0.25, -0.2) is 0 Å². The molecule has 1 fully saturated rings. The molecule has 3 nitrogen and oxygen atoms in total. The van der Waals surface area contributed by atoms with Crippen molar-refractivity contribution in [2.45, 2.75) is 52.7 Å². The highest BCUT2D eigenvalue weighted by Crippen LogP contribution is 2.16. The molecule has 1 N–H and O–H groups in total. The van der Waals surface area contributed by atoms with Crippen LogP contribution in [-0.4, -0.2) is 50.3 Å². The zero-order valence-corrected chi connectivity index (χ0v) is 12.9. The molecule has 0 spiro atoms. The molecule has 2 unspecified atom stereocenters. The van der Waals surface area contributed by atoms with Gasteiger partial charge in [0.1, 0.15) is 0 Å². The highest BCUT2D eigenvalue weighted by atomic mass is 16.5. The van der Waals surface area contributed by atoms with Crippen molar-refractivity contribution in [3.05, 3.63) is 0 Å². The van der Waals surface area contributed by atoms with Gasteiger partial charge in [-0.2, -0.15) is 0 Å². The third kappa shape index (κ3) is 5.68. The first kappa shape index (κ1) is 15.9. The lowest BCUT2D eigenvalue weighted by Crippen LogP contribution is -2.46. The molecule has 0 aromatic rings. The van der Waals surface area contributed by atoms with Crippen molar-refractivity contribution in [2.75, 3.05) is 33.3 Å². The Bertz CT molecular complexity index is 213. The van der Waals surface area contributed by atoms with Crippen LogP contribution in [0.15, 0.2) is 0 Å². The number of rotatable bonds is 8. The predicted octanol–water partition coefficient (Wildman–Crippen LogP) is 2.37. The van der Waals surface area contributed by atoms with Crippen LogP contribution in [0.4, 0.5) is 0 Å². The van der Waals surface area contributed by atoms with E-state index in [1.807, 2.05) is 0 Å². The first-order valence-corrected chi connectivity index (χ1v) is 7.53. The minimum Gasteiger partial charge on any atom is -0.377 e. The second-order valence-electron chi connectivity index (χ2n) is 6.44. The maximum atomic E-state index is 5.73. The maximum Gasteiger partial charge on any atom is 0.0702 e. The minimum absolute atomic E-state index is 0.460. The van der Waals surface area contributed by atoms with Gasteiger partial charge in [0.05, 0.1) is 6.10 Å². The van der Waals surface area contributed by atoms with Gasteiger partial charge in [-0.05, 0) is 38.3 Å². The van der Waals surface area contributed by atoms with Gasteiger partial charge < -0.3 is 10.1 Å². The molecular weight excluding hydrogens is 224 g/mol. The van der Waals surface area contributed by atoms with Crippen LogP contribution in [0.25, 0.3) is 0 Å². The summed E-state index contributed by atoms with van der Waals surface area (Å²) in [6.07, 6.45) is 2.92. The summed E-state index contributed by atoms with van der Waals surface area (Å²) in [6.45, 7) is 13.4. The molecule has 0 saturated carbocycles. The van der Waals surface area contributed by atoms with Crippen LogP contribution in [0.1, 0.15) is 40.5 Å². The number of likely N-dealkylation sites (N-methyl/N-ethyl adjacent to an activating group) is 1. The Balaban J connectivity index is 2.34. The summed E-state index contributed by atoms with van der Waals surface area (Å²) in [5, 5.41) is 3.59. The number of nitrogens with one attached hydrogen (secondary N) is 1. The van der Waals surface area contributed by atoms with E-state index in [-0.39, 0.29) is 0 Å². The van der Waals surface area contributed by atoms with Crippen molar-refractivity contribution >= 4 is 0 Å². The van der Waals surface area contributed by atoms with Crippen LogP contribution in [0.2, 0.25) is 0 Å². The molecule has 0 aromatic heterocycles. The van der Waals surface area contributed by atoms with Crippen molar-refractivity contribution in [1.29, 1.82) is 0 Å². The van der Waals surface area contributed by atoms with Crippen molar-refractivity contribution in [1.82, 2.24) is 10.2 Å².